The van der Waals surface area contributed by atoms with Gasteiger partial charge in [-0.15, -0.1) is 0 Å². The highest BCUT2D eigenvalue weighted by Crippen LogP contribution is 2.64. The first-order chi connectivity index (χ1) is 17.1. The largest absolute Gasteiger partial charge is 0.481 e. The maximum absolute atomic E-state index is 11.5. The Morgan fingerprint density at radius 2 is 1.49 bits per heavy atom. The summed E-state index contributed by atoms with van der Waals surface area (Å²) >= 11 is 0. The normalized spacial score (nSPS) is 35.1. The van der Waals surface area contributed by atoms with Crippen LogP contribution < -0.4 is 0 Å². The van der Waals surface area contributed by atoms with Gasteiger partial charge in [0.1, 0.15) is 0 Å². The van der Waals surface area contributed by atoms with Crippen LogP contribution in [-0.4, -0.2) is 59.6 Å². The number of carboxylic acids is 1. The Balaban J connectivity index is 1.22. The van der Waals surface area contributed by atoms with Crippen LogP contribution in [0.1, 0.15) is 62.5 Å². The van der Waals surface area contributed by atoms with E-state index < -0.39 is 5.97 Å². The van der Waals surface area contributed by atoms with Gasteiger partial charge in [-0.05, 0) is 81.6 Å². The Labute approximate surface area is 210 Å². The lowest BCUT2D eigenvalue weighted by atomic mass is 9.42. The number of hydrogen-bond acceptors (Lipinski definition) is 3. The monoisotopic (exact) mass is 472 g/mol. The molecule has 2 aromatic rings. The van der Waals surface area contributed by atoms with Crippen molar-refractivity contribution in [3.8, 4) is 0 Å². The van der Waals surface area contributed by atoms with Gasteiger partial charge in [0.2, 0.25) is 0 Å². The van der Waals surface area contributed by atoms with Crippen molar-refractivity contribution in [1.29, 1.82) is 0 Å². The molecule has 2 aliphatic carbocycles. The van der Waals surface area contributed by atoms with Crippen molar-refractivity contribution < 1.29 is 9.90 Å². The van der Waals surface area contributed by atoms with E-state index in [0.717, 1.165) is 45.4 Å². The molecule has 3 atom stereocenters. The highest BCUT2D eigenvalue weighted by atomic mass is 16.4. The zero-order valence-electron chi connectivity index (χ0n) is 20.9. The van der Waals surface area contributed by atoms with E-state index in [1.807, 2.05) is 0 Å². The van der Waals surface area contributed by atoms with Crippen LogP contribution in [0.2, 0.25) is 0 Å². The third kappa shape index (κ3) is 4.03. The van der Waals surface area contributed by atoms with Gasteiger partial charge in [0.15, 0.2) is 0 Å². The fraction of sp³-hybridized carbons (Fsp3) is 0.581. The summed E-state index contributed by atoms with van der Waals surface area (Å²) in [7, 11) is 0. The topological polar surface area (TPSA) is 43.8 Å². The van der Waals surface area contributed by atoms with Gasteiger partial charge in [0.25, 0.3) is 0 Å². The van der Waals surface area contributed by atoms with Crippen LogP contribution in [0.5, 0.6) is 0 Å². The predicted octanol–water partition coefficient (Wildman–Crippen LogP) is 5.33. The predicted molar refractivity (Wildman–Crippen MR) is 140 cm³/mol. The fourth-order valence-electron chi connectivity index (χ4n) is 8.69. The Kier molecular flexibility index (Phi) is 6.22. The van der Waals surface area contributed by atoms with E-state index in [0.29, 0.717) is 22.8 Å². The van der Waals surface area contributed by atoms with Gasteiger partial charge in [-0.2, -0.15) is 0 Å². The maximum Gasteiger partial charge on any atom is 0.307 e. The molecule has 3 heterocycles. The summed E-state index contributed by atoms with van der Waals surface area (Å²) in [5, 5.41) is 9.44. The van der Waals surface area contributed by atoms with Crippen LogP contribution in [0.4, 0.5) is 0 Å². The zero-order valence-corrected chi connectivity index (χ0v) is 20.9. The van der Waals surface area contributed by atoms with Gasteiger partial charge in [-0.1, -0.05) is 67.1 Å². The molecule has 4 nitrogen and oxygen atoms in total. The average molecular weight is 473 g/mol. The zero-order chi connectivity index (χ0) is 23.9. The number of carboxylic acid groups (broad SMARTS) is 1. The molecule has 3 aliphatic heterocycles. The number of likely N-dealkylation sites (tertiary alicyclic amines) is 1. The van der Waals surface area contributed by atoms with Crippen molar-refractivity contribution in [2.45, 2.75) is 68.2 Å². The van der Waals surface area contributed by atoms with Gasteiger partial charge in [-0.25, -0.2) is 0 Å². The van der Waals surface area contributed by atoms with E-state index >= 15 is 0 Å². The molecule has 3 saturated heterocycles. The van der Waals surface area contributed by atoms with Crippen molar-refractivity contribution in [3.63, 3.8) is 0 Å². The van der Waals surface area contributed by atoms with Crippen LogP contribution in [0.15, 0.2) is 60.7 Å². The molecule has 2 aromatic carbocycles. The van der Waals surface area contributed by atoms with Crippen LogP contribution in [-0.2, 0) is 15.6 Å². The van der Waals surface area contributed by atoms with Crippen molar-refractivity contribution in [2.75, 3.05) is 32.7 Å². The van der Waals surface area contributed by atoms with Crippen molar-refractivity contribution >= 4 is 5.97 Å². The molecule has 4 heteroatoms. The molecule has 3 unspecified atom stereocenters. The number of rotatable bonds is 7. The molecule has 0 radical (unpaired) electrons. The number of hydrogen-bond donors (Lipinski definition) is 1. The fourth-order valence-corrected chi connectivity index (χ4v) is 8.69. The first-order valence-electron chi connectivity index (χ1n) is 13.9. The summed E-state index contributed by atoms with van der Waals surface area (Å²) in [5.74, 6) is -0.137. The standard InChI is InChI=1S/C31H40N2O2/c34-29(35)24-10-7-17-32(22-24)18-9-19-33-23-28-30(25-11-3-1-4-12-25)15-8-16-31(28,21-27(33)20-30)26-13-5-2-6-14-26/h1-6,11-14,24,27-28H,7-10,15-23H2,(H,34,35). The van der Waals surface area contributed by atoms with Gasteiger partial charge < -0.3 is 10.0 Å². The molecule has 2 saturated carbocycles. The lowest BCUT2D eigenvalue weighted by Gasteiger charge is -2.68. The van der Waals surface area contributed by atoms with E-state index in [4.69, 9.17) is 0 Å². The average Bonchev–Trinajstić information content (AvgIpc) is 2.90. The summed E-state index contributed by atoms with van der Waals surface area (Å²) in [6.45, 7) is 5.17. The molecule has 0 spiro atoms. The van der Waals surface area contributed by atoms with E-state index in [-0.39, 0.29) is 5.92 Å². The molecular weight excluding hydrogens is 432 g/mol. The van der Waals surface area contributed by atoms with E-state index in [1.165, 1.54) is 38.6 Å². The molecule has 5 fully saturated rings. The minimum Gasteiger partial charge on any atom is -0.481 e. The molecule has 1 N–H and O–H groups in total. The highest BCUT2D eigenvalue weighted by Gasteiger charge is 2.63. The number of carbonyl (C=O) groups is 1. The minimum atomic E-state index is -0.619. The lowest BCUT2D eigenvalue weighted by Crippen LogP contribution is -2.69. The Morgan fingerprint density at radius 1 is 0.857 bits per heavy atom. The Bertz CT molecular complexity index is 969. The molecule has 186 valence electrons. The SMILES string of the molecule is O=C(O)C1CCCN(CCCN2CC3C4(c5ccccc5)CCCC3(c3ccccc3)CC2C4)C1. The van der Waals surface area contributed by atoms with Crippen molar-refractivity contribution in [2.24, 2.45) is 11.8 Å². The van der Waals surface area contributed by atoms with E-state index in [9.17, 15) is 9.90 Å². The van der Waals surface area contributed by atoms with Crippen LogP contribution >= 0.6 is 0 Å². The summed E-state index contributed by atoms with van der Waals surface area (Å²) < 4.78 is 0. The highest BCUT2D eigenvalue weighted by molar-refractivity contribution is 5.70. The lowest BCUT2D eigenvalue weighted by molar-refractivity contribution is -0.143. The van der Waals surface area contributed by atoms with Gasteiger partial charge >= 0.3 is 5.97 Å². The molecular formula is C31H40N2O2. The number of nitrogens with zero attached hydrogens (tertiary/aromatic N) is 2. The van der Waals surface area contributed by atoms with Crippen molar-refractivity contribution in [1.82, 2.24) is 9.80 Å². The van der Waals surface area contributed by atoms with Crippen LogP contribution in [0.3, 0.4) is 0 Å². The van der Waals surface area contributed by atoms with Crippen LogP contribution in [0.25, 0.3) is 0 Å². The second-order valence-corrected chi connectivity index (χ2v) is 11.8. The minimum absolute atomic E-state index is 0.175. The summed E-state index contributed by atoms with van der Waals surface area (Å²) in [4.78, 5) is 16.7. The molecule has 35 heavy (non-hydrogen) atoms. The molecule has 7 rings (SSSR count). The Hall–Kier alpha value is -2.17. The molecule has 4 bridgehead atoms. The third-order valence-electron chi connectivity index (χ3n) is 10.2. The summed E-state index contributed by atoms with van der Waals surface area (Å²) in [5.41, 5.74) is 3.75. The van der Waals surface area contributed by atoms with Gasteiger partial charge in [0.05, 0.1) is 5.92 Å². The summed E-state index contributed by atoms with van der Waals surface area (Å²) in [6.07, 6.45) is 9.56. The molecule has 0 amide bonds. The number of benzene rings is 2. The van der Waals surface area contributed by atoms with Crippen LogP contribution in [0, 0.1) is 11.8 Å². The first kappa shape index (κ1) is 23.2. The first-order valence-corrected chi connectivity index (χ1v) is 13.9. The van der Waals surface area contributed by atoms with E-state index in [1.54, 1.807) is 11.1 Å². The van der Waals surface area contributed by atoms with Gasteiger partial charge in [-0.3, -0.25) is 9.69 Å². The van der Waals surface area contributed by atoms with Crippen molar-refractivity contribution in [3.05, 3.63) is 71.8 Å². The third-order valence-corrected chi connectivity index (χ3v) is 10.2. The molecule has 5 aliphatic rings. The second kappa shape index (κ2) is 9.37. The number of piperidine rings is 3. The Morgan fingerprint density at radius 3 is 2.06 bits per heavy atom. The summed E-state index contributed by atoms with van der Waals surface area (Å²) in [6, 6.07) is 23.5. The second-order valence-electron chi connectivity index (χ2n) is 11.8. The van der Waals surface area contributed by atoms with Gasteiger partial charge in [0, 0.05) is 30.0 Å². The quantitative estimate of drug-likeness (QED) is 0.592. The number of fused-ring (bicyclic) bond motifs is 1. The maximum atomic E-state index is 11.5. The number of aliphatic carboxylic acids is 1. The smallest absolute Gasteiger partial charge is 0.307 e. The molecule has 0 aromatic heterocycles. The van der Waals surface area contributed by atoms with E-state index in [2.05, 4.69) is 70.5 Å².